The van der Waals surface area contributed by atoms with E-state index in [9.17, 15) is 0 Å². The smallest absolute Gasteiger partial charge is 0.126 e. The summed E-state index contributed by atoms with van der Waals surface area (Å²) in [5.74, 6) is 0.920. The molecule has 0 aromatic heterocycles. The molecule has 0 aliphatic heterocycles. The van der Waals surface area contributed by atoms with Gasteiger partial charge in [-0.15, -0.1) is 0 Å². The van der Waals surface area contributed by atoms with Crippen molar-refractivity contribution in [3.8, 4) is 16.9 Å². The molecule has 0 aliphatic carbocycles. The van der Waals surface area contributed by atoms with Crippen molar-refractivity contribution in [2.45, 2.75) is 32.7 Å². The molecule has 21 heavy (non-hydrogen) atoms. The van der Waals surface area contributed by atoms with Crippen molar-refractivity contribution in [2.75, 3.05) is 13.7 Å². The highest BCUT2D eigenvalue weighted by Crippen LogP contribution is 2.29. The standard InChI is InChI=1S/C19H25NO/c1-4-13-20-15(2)14-16-9-11-17(12-10-16)18-7-5-6-8-19(18)21-3/h5-12,15,20H,4,13-14H2,1-3H3. The molecule has 2 heteroatoms. The lowest BCUT2D eigenvalue weighted by Gasteiger charge is -2.14. The van der Waals surface area contributed by atoms with Gasteiger partial charge >= 0.3 is 0 Å². The average Bonchev–Trinajstić information content (AvgIpc) is 2.53. The number of rotatable bonds is 7. The molecule has 0 fully saturated rings. The number of hydrogen-bond acceptors (Lipinski definition) is 2. The largest absolute Gasteiger partial charge is 0.496 e. The van der Waals surface area contributed by atoms with Crippen molar-refractivity contribution in [3.63, 3.8) is 0 Å². The van der Waals surface area contributed by atoms with Gasteiger partial charge in [-0.25, -0.2) is 0 Å². The maximum absolute atomic E-state index is 5.43. The highest BCUT2D eigenvalue weighted by molar-refractivity contribution is 5.70. The first-order chi connectivity index (χ1) is 10.2. The molecule has 2 nitrogen and oxygen atoms in total. The number of benzene rings is 2. The van der Waals surface area contributed by atoms with Gasteiger partial charge in [0.15, 0.2) is 0 Å². The third-order valence-corrected chi connectivity index (χ3v) is 3.66. The summed E-state index contributed by atoms with van der Waals surface area (Å²) in [5, 5.41) is 3.53. The van der Waals surface area contributed by atoms with Crippen molar-refractivity contribution in [2.24, 2.45) is 0 Å². The Balaban J connectivity index is 2.08. The molecule has 0 spiro atoms. The molecule has 0 aliphatic rings. The first-order valence-corrected chi connectivity index (χ1v) is 7.70. The predicted molar refractivity (Wildman–Crippen MR) is 89.9 cm³/mol. The number of para-hydroxylation sites is 1. The molecule has 0 heterocycles. The Kier molecular flexibility index (Phi) is 5.82. The normalized spacial score (nSPS) is 12.1. The summed E-state index contributed by atoms with van der Waals surface area (Å²) in [6, 6.07) is 17.4. The van der Waals surface area contributed by atoms with Crippen molar-refractivity contribution in [1.29, 1.82) is 0 Å². The van der Waals surface area contributed by atoms with Crippen LogP contribution in [-0.2, 0) is 6.42 Å². The van der Waals surface area contributed by atoms with E-state index in [0.717, 1.165) is 24.3 Å². The molecule has 1 N–H and O–H groups in total. The summed E-state index contributed by atoms with van der Waals surface area (Å²) in [7, 11) is 1.72. The van der Waals surface area contributed by atoms with Gasteiger partial charge in [0.05, 0.1) is 7.11 Å². The summed E-state index contributed by atoms with van der Waals surface area (Å²) in [4.78, 5) is 0. The van der Waals surface area contributed by atoms with E-state index in [-0.39, 0.29) is 0 Å². The Morgan fingerprint density at radius 2 is 1.76 bits per heavy atom. The number of methoxy groups -OCH3 is 1. The zero-order valence-corrected chi connectivity index (χ0v) is 13.2. The molecule has 1 unspecified atom stereocenters. The molecule has 0 bridgehead atoms. The Morgan fingerprint density at radius 3 is 2.43 bits per heavy atom. The van der Waals surface area contributed by atoms with Gasteiger partial charge in [-0.2, -0.15) is 0 Å². The van der Waals surface area contributed by atoms with Gasteiger partial charge in [0.25, 0.3) is 0 Å². The SMILES string of the molecule is CCCNC(C)Cc1ccc(-c2ccccc2OC)cc1. The molecule has 2 aromatic carbocycles. The lowest BCUT2D eigenvalue weighted by molar-refractivity contribution is 0.416. The van der Waals surface area contributed by atoms with Crippen LogP contribution in [0.4, 0.5) is 0 Å². The lowest BCUT2D eigenvalue weighted by atomic mass is 10.0. The second kappa shape index (κ2) is 7.84. The van der Waals surface area contributed by atoms with Crippen LogP contribution in [0, 0.1) is 0 Å². The summed E-state index contributed by atoms with van der Waals surface area (Å²) >= 11 is 0. The average molecular weight is 283 g/mol. The van der Waals surface area contributed by atoms with E-state index in [2.05, 4.69) is 49.5 Å². The number of ether oxygens (including phenoxy) is 1. The fourth-order valence-electron chi connectivity index (χ4n) is 2.52. The zero-order valence-electron chi connectivity index (χ0n) is 13.2. The van der Waals surface area contributed by atoms with E-state index < -0.39 is 0 Å². The fraction of sp³-hybridized carbons (Fsp3) is 0.368. The molecule has 2 rings (SSSR count). The van der Waals surface area contributed by atoms with E-state index in [1.54, 1.807) is 7.11 Å². The van der Waals surface area contributed by atoms with Gasteiger partial charge in [-0.3, -0.25) is 0 Å². The van der Waals surface area contributed by atoms with Gasteiger partial charge < -0.3 is 10.1 Å². The highest BCUT2D eigenvalue weighted by atomic mass is 16.5. The van der Waals surface area contributed by atoms with E-state index in [1.807, 2.05) is 18.2 Å². The lowest BCUT2D eigenvalue weighted by Crippen LogP contribution is -2.28. The van der Waals surface area contributed by atoms with Crippen LogP contribution in [0.2, 0.25) is 0 Å². The highest BCUT2D eigenvalue weighted by Gasteiger charge is 2.06. The molecule has 0 radical (unpaired) electrons. The Labute approximate surface area is 128 Å². The predicted octanol–water partition coefficient (Wildman–Crippen LogP) is 4.29. The van der Waals surface area contributed by atoms with Gasteiger partial charge in [-0.05, 0) is 43.5 Å². The van der Waals surface area contributed by atoms with Crippen LogP contribution in [0.25, 0.3) is 11.1 Å². The van der Waals surface area contributed by atoms with Crippen LogP contribution in [0.5, 0.6) is 5.75 Å². The van der Waals surface area contributed by atoms with Gasteiger partial charge in [0.2, 0.25) is 0 Å². The minimum atomic E-state index is 0.516. The summed E-state index contributed by atoms with van der Waals surface area (Å²) in [6.07, 6.45) is 2.24. The van der Waals surface area contributed by atoms with E-state index in [1.165, 1.54) is 17.5 Å². The fourth-order valence-corrected chi connectivity index (χ4v) is 2.52. The first kappa shape index (κ1) is 15.6. The van der Waals surface area contributed by atoms with Crippen molar-refractivity contribution in [3.05, 3.63) is 54.1 Å². The molecule has 0 saturated carbocycles. The molecule has 1 atom stereocenters. The van der Waals surface area contributed by atoms with Crippen LogP contribution >= 0.6 is 0 Å². The van der Waals surface area contributed by atoms with Crippen LogP contribution < -0.4 is 10.1 Å². The third kappa shape index (κ3) is 4.33. The van der Waals surface area contributed by atoms with Crippen molar-refractivity contribution >= 4 is 0 Å². The second-order valence-corrected chi connectivity index (χ2v) is 5.46. The Morgan fingerprint density at radius 1 is 1.05 bits per heavy atom. The molecule has 0 amide bonds. The number of nitrogens with one attached hydrogen (secondary N) is 1. The number of hydrogen-bond donors (Lipinski definition) is 1. The summed E-state index contributed by atoms with van der Waals surface area (Å²) in [6.45, 7) is 5.52. The Hall–Kier alpha value is -1.80. The molecule has 0 saturated heterocycles. The van der Waals surface area contributed by atoms with E-state index >= 15 is 0 Å². The van der Waals surface area contributed by atoms with Crippen molar-refractivity contribution < 1.29 is 4.74 Å². The van der Waals surface area contributed by atoms with Gasteiger partial charge in [0, 0.05) is 11.6 Å². The van der Waals surface area contributed by atoms with Gasteiger partial charge in [-0.1, -0.05) is 49.4 Å². The van der Waals surface area contributed by atoms with Crippen LogP contribution in [0.1, 0.15) is 25.8 Å². The Bertz CT molecular complexity index is 548. The summed E-state index contributed by atoms with van der Waals surface area (Å²) in [5.41, 5.74) is 3.71. The maximum atomic E-state index is 5.43. The summed E-state index contributed by atoms with van der Waals surface area (Å²) < 4.78 is 5.43. The van der Waals surface area contributed by atoms with Crippen LogP contribution in [-0.4, -0.2) is 19.7 Å². The minimum absolute atomic E-state index is 0.516. The van der Waals surface area contributed by atoms with Crippen molar-refractivity contribution in [1.82, 2.24) is 5.32 Å². The molecule has 112 valence electrons. The van der Waals surface area contributed by atoms with Crippen LogP contribution in [0.15, 0.2) is 48.5 Å². The first-order valence-electron chi connectivity index (χ1n) is 7.70. The monoisotopic (exact) mass is 283 g/mol. The van der Waals surface area contributed by atoms with Crippen LogP contribution in [0.3, 0.4) is 0 Å². The molecular formula is C19H25NO. The van der Waals surface area contributed by atoms with E-state index in [0.29, 0.717) is 6.04 Å². The maximum Gasteiger partial charge on any atom is 0.126 e. The quantitative estimate of drug-likeness (QED) is 0.818. The third-order valence-electron chi connectivity index (χ3n) is 3.66. The molecule has 2 aromatic rings. The second-order valence-electron chi connectivity index (χ2n) is 5.46. The van der Waals surface area contributed by atoms with Gasteiger partial charge in [0.1, 0.15) is 5.75 Å². The molecular weight excluding hydrogens is 258 g/mol. The topological polar surface area (TPSA) is 21.3 Å². The minimum Gasteiger partial charge on any atom is -0.496 e. The van der Waals surface area contributed by atoms with E-state index in [4.69, 9.17) is 4.74 Å². The zero-order chi connectivity index (χ0) is 15.1.